The van der Waals surface area contributed by atoms with E-state index in [-0.39, 0.29) is 6.04 Å². The fourth-order valence-electron chi connectivity index (χ4n) is 2.54. The molecular weight excluding hydrogens is 340 g/mol. The summed E-state index contributed by atoms with van der Waals surface area (Å²) in [5, 5.41) is 3.24. The molecular formula is C14H21BrN2O2S. The number of benzene rings is 1. The third-order valence-corrected chi connectivity index (χ3v) is 6.50. The Morgan fingerprint density at radius 3 is 2.80 bits per heavy atom. The number of nitrogens with one attached hydrogen (secondary N) is 1. The zero-order chi connectivity index (χ0) is 14.8. The van der Waals surface area contributed by atoms with Crippen LogP contribution in [0.5, 0.6) is 0 Å². The molecule has 0 aromatic heterocycles. The minimum absolute atomic E-state index is 0.0624. The van der Waals surface area contributed by atoms with Crippen molar-refractivity contribution in [3.63, 3.8) is 0 Å². The molecule has 0 bridgehead atoms. The molecule has 0 radical (unpaired) electrons. The van der Waals surface area contributed by atoms with E-state index in [1.54, 1.807) is 16.4 Å². The lowest BCUT2D eigenvalue weighted by molar-refractivity contribution is 0.335. The third-order valence-electron chi connectivity index (χ3n) is 3.56. The maximum atomic E-state index is 13.0. The molecule has 1 aliphatic heterocycles. The average molecular weight is 361 g/mol. The Hall–Kier alpha value is -0.430. The van der Waals surface area contributed by atoms with E-state index in [0.717, 1.165) is 31.5 Å². The monoisotopic (exact) mass is 360 g/mol. The summed E-state index contributed by atoms with van der Waals surface area (Å²) in [5.74, 6) is 0. The summed E-state index contributed by atoms with van der Waals surface area (Å²) < 4.78 is 28.2. The van der Waals surface area contributed by atoms with Gasteiger partial charge < -0.3 is 5.32 Å². The first kappa shape index (κ1) is 15.9. The van der Waals surface area contributed by atoms with E-state index in [9.17, 15) is 8.42 Å². The van der Waals surface area contributed by atoms with Gasteiger partial charge in [0.1, 0.15) is 0 Å². The second-order valence-corrected chi connectivity index (χ2v) is 7.91. The van der Waals surface area contributed by atoms with E-state index in [1.165, 1.54) is 0 Å². The number of hydrogen-bond donors (Lipinski definition) is 1. The molecule has 1 heterocycles. The fourth-order valence-corrected chi connectivity index (χ4v) is 5.30. The Labute approximate surface area is 129 Å². The maximum absolute atomic E-state index is 13.0. The maximum Gasteiger partial charge on any atom is 0.244 e. The quantitative estimate of drug-likeness (QED) is 0.877. The number of nitrogens with zero attached hydrogens (tertiary/aromatic N) is 1. The van der Waals surface area contributed by atoms with Crippen LogP contribution in [0.4, 0.5) is 0 Å². The van der Waals surface area contributed by atoms with Gasteiger partial charge in [-0.25, -0.2) is 8.42 Å². The Morgan fingerprint density at radius 1 is 1.45 bits per heavy atom. The summed E-state index contributed by atoms with van der Waals surface area (Å²) in [6.07, 6.45) is 1.70. The molecule has 2 rings (SSSR count). The SMILES string of the molecule is CCCN(C1CCNC1)S(=O)(=O)c1cc(C)ccc1Br. The van der Waals surface area contributed by atoms with Gasteiger partial charge in [-0.2, -0.15) is 4.31 Å². The number of aryl methyl sites for hydroxylation is 1. The Bertz CT molecular complexity index is 569. The highest BCUT2D eigenvalue weighted by Gasteiger charge is 2.33. The molecule has 1 fully saturated rings. The standard InChI is InChI=1S/C14H21BrN2O2S/c1-3-8-17(12-6-7-16-10-12)20(18,19)14-9-11(2)4-5-13(14)15/h4-5,9,12,16H,3,6-8,10H2,1-2H3. The lowest BCUT2D eigenvalue weighted by Gasteiger charge is -2.27. The highest BCUT2D eigenvalue weighted by Crippen LogP contribution is 2.28. The van der Waals surface area contributed by atoms with Crippen LogP contribution in [0.15, 0.2) is 27.6 Å². The topological polar surface area (TPSA) is 49.4 Å². The number of rotatable bonds is 5. The van der Waals surface area contributed by atoms with Crippen molar-refractivity contribution in [2.75, 3.05) is 19.6 Å². The van der Waals surface area contributed by atoms with Crippen LogP contribution in [0.3, 0.4) is 0 Å². The molecule has 20 heavy (non-hydrogen) atoms. The zero-order valence-corrected chi connectivity index (χ0v) is 14.3. The Kier molecular flexibility index (Phi) is 5.23. The van der Waals surface area contributed by atoms with Crippen molar-refractivity contribution < 1.29 is 8.42 Å². The number of sulfonamides is 1. The van der Waals surface area contributed by atoms with Crippen LogP contribution >= 0.6 is 15.9 Å². The number of hydrogen-bond acceptors (Lipinski definition) is 3. The predicted molar refractivity (Wildman–Crippen MR) is 84.3 cm³/mol. The van der Waals surface area contributed by atoms with Crippen LogP contribution < -0.4 is 5.32 Å². The van der Waals surface area contributed by atoms with Gasteiger partial charge in [-0.15, -0.1) is 0 Å². The van der Waals surface area contributed by atoms with Crippen molar-refractivity contribution in [1.29, 1.82) is 0 Å². The molecule has 0 saturated carbocycles. The van der Waals surface area contributed by atoms with Crippen LogP contribution in [0.25, 0.3) is 0 Å². The fraction of sp³-hybridized carbons (Fsp3) is 0.571. The minimum atomic E-state index is -3.45. The summed E-state index contributed by atoms with van der Waals surface area (Å²) >= 11 is 3.37. The molecule has 1 saturated heterocycles. The largest absolute Gasteiger partial charge is 0.315 e. The lowest BCUT2D eigenvalue weighted by Crippen LogP contribution is -2.42. The summed E-state index contributed by atoms with van der Waals surface area (Å²) in [5.41, 5.74) is 0.952. The molecule has 1 aromatic rings. The van der Waals surface area contributed by atoms with Crippen molar-refractivity contribution in [2.24, 2.45) is 0 Å². The highest BCUT2D eigenvalue weighted by atomic mass is 79.9. The molecule has 1 aliphatic rings. The smallest absolute Gasteiger partial charge is 0.244 e. The van der Waals surface area contributed by atoms with Crippen LogP contribution in [0, 0.1) is 6.92 Å². The van der Waals surface area contributed by atoms with Crippen LogP contribution in [0.2, 0.25) is 0 Å². The third kappa shape index (κ3) is 3.24. The Balaban J connectivity index is 2.41. The summed E-state index contributed by atoms with van der Waals surface area (Å²) in [6, 6.07) is 5.51. The van der Waals surface area contributed by atoms with E-state index < -0.39 is 10.0 Å². The molecule has 1 atom stereocenters. The molecule has 4 nitrogen and oxygen atoms in total. The molecule has 112 valence electrons. The molecule has 6 heteroatoms. The van der Waals surface area contributed by atoms with Crippen molar-refractivity contribution >= 4 is 26.0 Å². The molecule has 0 spiro atoms. The summed E-state index contributed by atoms with van der Waals surface area (Å²) in [4.78, 5) is 0.373. The van der Waals surface area contributed by atoms with Gasteiger partial charge in [0.2, 0.25) is 10.0 Å². The van der Waals surface area contributed by atoms with Crippen LogP contribution in [0.1, 0.15) is 25.3 Å². The molecule has 1 aromatic carbocycles. The predicted octanol–water partition coefficient (Wildman–Crippen LogP) is 2.52. The second kappa shape index (κ2) is 6.56. The first-order chi connectivity index (χ1) is 9.46. The van der Waals surface area contributed by atoms with Gasteiger partial charge in [0.15, 0.2) is 0 Å². The van der Waals surface area contributed by atoms with Gasteiger partial charge in [-0.3, -0.25) is 0 Å². The van der Waals surface area contributed by atoms with Crippen molar-refractivity contribution in [2.45, 2.75) is 37.6 Å². The van der Waals surface area contributed by atoms with Gasteiger partial charge >= 0.3 is 0 Å². The van der Waals surface area contributed by atoms with Crippen LogP contribution in [-0.4, -0.2) is 38.4 Å². The van der Waals surface area contributed by atoms with Gasteiger partial charge in [0, 0.05) is 23.6 Å². The average Bonchev–Trinajstić information content (AvgIpc) is 2.92. The van der Waals surface area contributed by atoms with E-state index >= 15 is 0 Å². The molecule has 0 amide bonds. The molecule has 0 aliphatic carbocycles. The van der Waals surface area contributed by atoms with Gasteiger partial charge in [0.05, 0.1) is 4.90 Å². The van der Waals surface area contributed by atoms with E-state index in [0.29, 0.717) is 15.9 Å². The summed E-state index contributed by atoms with van der Waals surface area (Å²) in [7, 11) is -3.45. The van der Waals surface area contributed by atoms with Gasteiger partial charge in [-0.05, 0) is 59.9 Å². The lowest BCUT2D eigenvalue weighted by atomic mass is 10.2. The van der Waals surface area contributed by atoms with Crippen LogP contribution in [-0.2, 0) is 10.0 Å². The second-order valence-electron chi connectivity index (χ2n) is 5.20. The molecule has 1 unspecified atom stereocenters. The highest BCUT2D eigenvalue weighted by molar-refractivity contribution is 9.10. The van der Waals surface area contributed by atoms with E-state index in [4.69, 9.17) is 0 Å². The van der Waals surface area contributed by atoms with Crippen molar-refractivity contribution in [1.82, 2.24) is 9.62 Å². The van der Waals surface area contributed by atoms with E-state index in [2.05, 4.69) is 21.2 Å². The first-order valence-corrected chi connectivity index (χ1v) is 9.19. The minimum Gasteiger partial charge on any atom is -0.315 e. The van der Waals surface area contributed by atoms with Crippen molar-refractivity contribution in [3.8, 4) is 0 Å². The number of halogens is 1. The normalized spacial score (nSPS) is 19.7. The first-order valence-electron chi connectivity index (χ1n) is 6.95. The Morgan fingerprint density at radius 2 is 2.20 bits per heavy atom. The van der Waals surface area contributed by atoms with Gasteiger partial charge in [0.25, 0.3) is 0 Å². The van der Waals surface area contributed by atoms with E-state index in [1.807, 2.05) is 19.9 Å². The summed E-state index contributed by atoms with van der Waals surface area (Å²) in [6.45, 7) is 6.11. The van der Waals surface area contributed by atoms with Crippen molar-refractivity contribution in [3.05, 3.63) is 28.2 Å². The molecule has 1 N–H and O–H groups in total. The zero-order valence-electron chi connectivity index (χ0n) is 11.9. The van der Waals surface area contributed by atoms with Gasteiger partial charge in [-0.1, -0.05) is 13.0 Å².